The number of carbonyl (C=O) groups is 1. The van der Waals surface area contributed by atoms with E-state index in [0.29, 0.717) is 12.5 Å². The Balaban J connectivity index is 1.89. The number of halogens is 1. The van der Waals surface area contributed by atoms with Crippen molar-refractivity contribution >= 4 is 29.3 Å². The van der Waals surface area contributed by atoms with Crippen LogP contribution in [0.2, 0.25) is 5.02 Å². The first kappa shape index (κ1) is 14.7. The number of ether oxygens (including phenoxy) is 1. The predicted octanol–water partition coefficient (Wildman–Crippen LogP) is 3.42. The summed E-state index contributed by atoms with van der Waals surface area (Å²) < 4.78 is 4.63. The Kier molecular flexibility index (Phi) is 5.55. The Morgan fingerprint density at radius 1 is 1.58 bits per heavy atom. The molecule has 3 nitrogen and oxygen atoms in total. The summed E-state index contributed by atoms with van der Waals surface area (Å²) in [6, 6.07) is 6.41. The Bertz CT molecular complexity index is 453. The minimum atomic E-state index is -0.149. The highest BCUT2D eigenvalue weighted by Crippen LogP contribution is 2.37. The number of thioether (sulfide) groups is 1. The summed E-state index contributed by atoms with van der Waals surface area (Å²) in [4.78, 5) is 12.3. The van der Waals surface area contributed by atoms with Crippen LogP contribution in [-0.2, 0) is 9.53 Å². The second-order valence-corrected chi connectivity index (χ2v) is 6.08. The van der Waals surface area contributed by atoms with Crippen LogP contribution in [0.4, 0.5) is 0 Å². The van der Waals surface area contributed by atoms with Gasteiger partial charge in [-0.05, 0) is 48.9 Å². The van der Waals surface area contributed by atoms with Gasteiger partial charge in [-0.15, -0.1) is 11.8 Å². The zero-order chi connectivity index (χ0) is 13.7. The van der Waals surface area contributed by atoms with Crippen molar-refractivity contribution in [3.05, 3.63) is 28.8 Å². The maximum atomic E-state index is 11.0. The number of hydrogen-bond donors (Lipinski definition) is 1. The molecule has 104 valence electrons. The molecule has 0 spiro atoms. The van der Waals surface area contributed by atoms with Crippen molar-refractivity contribution in [1.82, 2.24) is 5.32 Å². The number of hydrogen-bond acceptors (Lipinski definition) is 4. The van der Waals surface area contributed by atoms with Gasteiger partial charge in [-0.2, -0.15) is 0 Å². The second-order valence-electron chi connectivity index (χ2n) is 4.51. The monoisotopic (exact) mass is 299 g/mol. The molecular weight excluding hydrogens is 282 g/mol. The molecule has 0 saturated heterocycles. The summed E-state index contributed by atoms with van der Waals surface area (Å²) in [7, 11) is 1.42. The minimum Gasteiger partial charge on any atom is -0.469 e. The number of rotatable bonds is 5. The third kappa shape index (κ3) is 4.13. The molecule has 0 aliphatic carbocycles. The van der Waals surface area contributed by atoms with E-state index >= 15 is 0 Å². The summed E-state index contributed by atoms with van der Waals surface area (Å²) in [5.74, 6) is 0.966. The Labute approximate surface area is 123 Å². The molecule has 1 aliphatic heterocycles. The molecule has 5 heteroatoms. The van der Waals surface area contributed by atoms with E-state index in [4.69, 9.17) is 11.6 Å². The fraction of sp³-hybridized carbons (Fsp3) is 0.500. The highest BCUT2D eigenvalue weighted by molar-refractivity contribution is 7.99. The third-order valence-corrected chi connectivity index (χ3v) is 4.55. The largest absolute Gasteiger partial charge is 0.469 e. The Morgan fingerprint density at radius 3 is 3.21 bits per heavy atom. The molecule has 0 saturated carbocycles. The molecule has 19 heavy (non-hydrogen) atoms. The molecule has 1 aromatic rings. The van der Waals surface area contributed by atoms with Crippen LogP contribution < -0.4 is 5.32 Å². The summed E-state index contributed by atoms with van der Waals surface area (Å²) in [6.45, 7) is 0.816. The zero-order valence-corrected chi connectivity index (χ0v) is 12.5. The minimum absolute atomic E-state index is 0.149. The predicted molar refractivity (Wildman–Crippen MR) is 78.8 cm³/mol. The Hall–Kier alpha value is -0.710. The van der Waals surface area contributed by atoms with Gasteiger partial charge < -0.3 is 10.1 Å². The zero-order valence-electron chi connectivity index (χ0n) is 10.9. The average molecular weight is 300 g/mol. The number of esters is 1. The lowest BCUT2D eigenvalue weighted by Crippen LogP contribution is -2.26. The molecule has 0 fully saturated rings. The lowest BCUT2D eigenvalue weighted by molar-refractivity contribution is -0.140. The second kappa shape index (κ2) is 7.17. The number of carbonyl (C=O) groups excluding carboxylic acids is 1. The topological polar surface area (TPSA) is 38.3 Å². The molecule has 1 N–H and O–H groups in total. The standard InChI is InChI=1S/C14H18ClNO2S/c1-18-14(17)3-2-7-16-12-6-8-19-13-5-4-10(15)9-11(12)13/h4-5,9,12,16H,2-3,6-8H2,1H3. The van der Waals surface area contributed by atoms with E-state index in [-0.39, 0.29) is 5.97 Å². The van der Waals surface area contributed by atoms with Crippen LogP contribution in [0.5, 0.6) is 0 Å². The molecule has 0 amide bonds. The summed E-state index contributed by atoms with van der Waals surface area (Å²) in [5.41, 5.74) is 1.28. The van der Waals surface area contributed by atoms with Crippen LogP contribution in [0.15, 0.2) is 23.1 Å². The first-order chi connectivity index (χ1) is 9.20. The molecule has 0 bridgehead atoms. The van der Waals surface area contributed by atoms with Crippen LogP contribution in [0.3, 0.4) is 0 Å². The van der Waals surface area contributed by atoms with Crippen molar-refractivity contribution in [3.8, 4) is 0 Å². The molecule has 2 rings (SSSR count). The quantitative estimate of drug-likeness (QED) is 0.668. The third-order valence-electron chi connectivity index (χ3n) is 3.19. The van der Waals surface area contributed by atoms with E-state index in [1.54, 1.807) is 0 Å². The van der Waals surface area contributed by atoms with Crippen LogP contribution >= 0.6 is 23.4 Å². The van der Waals surface area contributed by atoms with Gasteiger partial charge in [-0.25, -0.2) is 0 Å². The van der Waals surface area contributed by atoms with E-state index in [9.17, 15) is 4.79 Å². The molecule has 0 aromatic heterocycles. The lowest BCUT2D eigenvalue weighted by Gasteiger charge is -2.26. The maximum absolute atomic E-state index is 11.0. The molecule has 1 aromatic carbocycles. The molecule has 1 unspecified atom stereocenters. The first-order valence-electron chi connectivity index (χ1n) is 6.43. The molecule has 0 radical (unpaired) electrons. The van der Waals surface area contributed by atoms with Crippen LogP contribution in [0.25, 0.3) is 0 Å². The van der Waals surface area contributed by atoms with Crippen molar-refractivity contribution in [3.63, 3.8) is 0 Å². The number of nitrogens with one attached hydrogen (secondary N) is 1. The molecule has 1 aliphatic rings. The highest BCUT2D eigenvalue weighted by Gasteiger charge is 2.20. The van der Waals surface area contributed by atoms with E-state index in [0.717, 1.165) is 30.2 Å². The normalized spacial score (nSPS) is 17.9. The van der Waals surface area contributed by atoms with Crippen molar-refractivity contribution < 1.29 is 9.53 Å². The summed E-state index contributed by atoms with van der Waals surface area (Å²) >= 11 is 7.94. The van der Waals surface area contributed by atoms with Crippen molar-refractivity contribution in [2.75, 3.05) is 19.4 Å². The SMILES string of the molecule is COC(=O)CCCNC1CCSc2ccc(Cl)cc21. The van der Waals surface area contributed by atoms with E-state index < -0.39 is 0 Å². The van der Waals surface area contributed by atoms with E-state index in [1.165, 1.54) is 17.6 Å². The number of benzene rings is 1. The van der Waals surface area contributed by atoms with Gasteiger partial charge in [0.25, 0.3) is 0 Å². The Morgan fingerprint density at radius 2 is 2.42 bits per heavy atom. The van der Waals surface area contributed by atoms with Gasteiger partial charge in [0.2, 0.25) is 0 Å². The smallest absolute Gasteiger partial charge is 0.305 e. The van der Waals surface area contributed by atoms with Gasteiger partial charge >= 0.3 is 5.97 Å². The van der Waals surface area contributed by atoms with Crippen molar-refractivity contribution in [2.45, 2.75) is 30.2 Å². The highest BCUT2D eigenvalue weighted by atomic mass is 35.5. The van der Waals surface area contributed by atoms with Gasteiger partial charge in [0.15, 0.2) is 0 Å². The average Bonchev–Trinajstić information content (AvgIpc) is 2.43. The van der Waals surface area contributed by atoms with Crippen molar-refractivity contribution in [1.29, 1.82) is 0 Å². The van der Waals surface area contributed by atoms with Gasteiger partial charge in [0.1, 0.15) is 0 Å². The summed E-state index contributed by atoms with van der Waals surface area (Å²) in [6.07, 6.45) is 2.36. The van der Waals surface area contributed by atoms with Gasteiger partial charge in [-0.1, -0.05) is 11.6 Å². The van der Waals surface area contributed by atoms with Crippen LogP contribution in [-0.4, -0.2) is 25.4 Å². The van der Waals surface area contributed by atoms with Gasteiger partial charge in [0, 0.05) is 22.4 Å². The van der Waals surface area contributed by atoms with Gasteiger partial charge in [0.05, 0.1) is 7.11 Å². The van der Waals surface area contributed by atoms with E-state index in [2.05, 4.69) is 16.1 Å². The van der Waals surface area contributed by atoms with Gasteiger partial charge in [-0.3, -0.25) is 4.79 Å². The molecule has 1 heterocycles. The maximum Gasteiger partial charge on any atom is 0.305 e. The molecule has 1 atom stereocenters. The summed E-state index contributed by atoms with van der Waals surface area (Å²) in [5, 5.41) is 4.28. The number of fused-ring (bicyclic) bond motifs is 1. The van der Waals surface area contributed by atoms with Crippen LogP contribution in [0.1, 0.15) is 30.9 Å². The fourth-order valence-corrected chi connectivity index (χ4v) is 3.47. The van der Waals surface area contributed by atoms with Crippen LogP contribution in [0, 0.1) is 0 Å². The fourth-order valence-electron chi connectivity index (χ4n) is 2.19. The molecular formula is C14H18ClNO2S. The first-order valence-corrected chi connectivity index (χ1v) is 7.79. The lowest BCUT2D eigenvalue weighted by atomic mass is 10.0. The van der Waals surface area contributed by atoms with E-state index in [1.807, 2.05) is 23.9 Å². The van der Waals surface area contributed by atoms with Crippen molar-refractivity contribution in [2.24, 2.45) is 0 Å². The number of methoxy groups -OCH3 is 1.